The van der Waals surface area contributed by atoms with Crippen LogP contribution in [0.25, 0.3) is 0 Å². The van der Waals surface area contributed by atoms with Crippen LogP contribution >= 0.6 is 24.4 Å². The van der Waals surface area contributed by atoms with Crippen LogP contribution < -0.4 is 5.32 Å². The minimum absolute atomic E-state index is 0.0362. The van der Waals surface area contributed by atoms with Gasteiger partial charge in [0.05, 0.1) is 11.9 Å². The summed E-state index contributed by atoms with van der Waals surface area (Å²) in [5, 5.41) is 11.7. The Hall–Kier alpha value is 0.130. The van der Waals surface area contributed by atoms with Gasteiger partial charge >= 0.3 is 0 Å². The Morgan fingerprint density at radius 3 is 2.33 bits per heavy atom. The molecule has 0 aromatic carbocycles. The number of thioether (sulfide) groups is 1. The van der Waals surface area contributed by atoms with Gasteiger partial charge in [-0.1, -0.05) is 13.8 Å². The molecule has 0 saturated carbocycles. The molecule has 0 aromatic heterocycles. The second kappa shape index (κ2) is 7.41. The molecule has 0 heterocycles. The van der Waals surface area contributed by atoms with Gasteiger partial charge in [-0.15, -0.1) is 0 Å². The Morgan fingerprint density at radius 1 is 1.47 bits per heavy atom. The molecule has 3 unspecified atom stereocenters. The predicted octanol–water partition coefficient (Wildman–Crippen LogP) is 1.17. The average molecular weight is 251 g/mol. The molecule has 0 aliphatic heterocycles. The van der Waals surface area contributed by atoms with Gasteiger partial charge in [0.2, 0.25) is 5.91 Å². The molecule has 3 atom stereocenters. The van der Waals surface area contributed by atoms with E-state index in [2.05, 4.69) is 17.9 Å². The zero-order chi connectivity index (χ0) is 12.0. The summed E-state index contributed by atoms with van der Waals surface area (Å²) in [5.41, 5.74) is 0. The lowest BCUT2D eigenvalue weighted by atomic mass is 10.1. The fourth-order valence-corrected chi connectivity index (χ4v) is 1.84. The largest absolute Gasteiger partial charge is 0.395 e. The number of hydrogen-bond donors (Lipinski definition) is 3. The van der Waals surface area contributed by atoms with E-state index in [1.54, 1.807) is 11.8 Å². The summed E-state index contributed by atoms with van der Waals surface area (Å²) >= 11 is 5.79. The molecule has 90 valence electrons. The van der Waals surface area contributed by atoms with Gasteiger partial charge in [0, 0.05) is 11.3 Å². The number of aliphatic hydroxyl groups excluding tert-OH is 1. The van der Waals surface area contributed by atoms with Crippen molar-refractivity contribution in [3.8, 4) is 0 Å². The number of thiol groups is 1. The van der Waals surface area contributed by atoms with E-state index in [0.29, 0.717) is 0 Å². The summed E-state index contributed by atoms with van der Waals surface area (Å²) in [6, 6.07) is -0.0362. The SMILES string of the molecule is CSC(CO)C(C)NC(=O)C(S)C(C)C. The maximum atomic E-state index is 11.7. The van der Waals surface area contributed by atoms with Crippen LogP contribution in [-0.4, -0.2) is 40.4 Å². The fraction of sp³-hybridized carbons (Fsp3) is 0.900. The van der Waals surface area contributed by atoms with E-state index < -0.39 is 0 Å². The number of amides is 1. The van der Waals surface area contributed by atoms with Crippen LogP contribution in [-0.2, 0) is 4.79 Å². The Balaban J connectivity index is 4.16. The molecule has 3 nitrogen and oxygen atoms in total. The van der Waals surface area contributed by atoms with Crippen molar-refractivity contribution >= 4 is 30.3 Å². The van der Waals surface area contributed by atoms with Gasteiger partial charge in [-0.25, -0.2) is 0 Å². The highest BCUT2D eigenvalue weighted by Gasteiger charge is 2.22. The summed E-state index contributed by atoms with van der Waals surface area (Å²) in [6.07, 6.45) is 1.92. The number of aliphatic hydroxyl groups is 1. The maximum absolute atomic E-state index is 11.7. The van der Waals surface area contributed by atoms with Crippen LogP contribution in [0.4, 0.5) is 0 Å². The van der Waals surface area contributed by atoms with Crippen molar-refractivity contribution in [1.82, 2.24) is 5.32 Å². The van der Waals surface area contributed by atoms with E-state index >= 15 is 0 Å². The molecule has 1 amide bonds. The lowest BCUT2D eigenvalue weighted by molar-refractivity contribution is -0.121. The quantitative estimate of drug-likeness (QED) is 0.621. The molecule has 5 heteroatoms. The van der Waals surface area contributed by atoms with Crippen LogP contribution in [0.1, 0.15) is 20.8 Å². The second-order valence-electron chi connectivity index (χ2n) is 3.94. The molecule has 0 radical (unpaired) electrons. The topological polar surface area (TPSA) is 49.3 Å². The van der Waals surface area contributed by atoms with Crippen LogP contribution in [0.15, 0.2) is 0 Å². The number of carbonyl (C=O) groups is 1. The first kappa shape index (κ1) is 15.1. The number of hydrogen-bond acceptors (Lipinski definition) is 4. The minimum Gasteiger partial charge on any atom is -0.395 e. The molecule has 2 N–H and O–H groups in total. The van der Waals surface area contributed by atoms with Crippen LogP contribution in [0, 0.1) is 5.92 Å². The van der Waals surface area contributed by atoms with Crippen LogP contribution in [0.2, 0.25) is 0 Å². The van der Waals surface area contributed by atoms with Crippen molar-refractivity contribution in [2.24, 2.45) is 5.92 Å². The van der Waals surface area contributed by atoms with E-state index in [1.807, 2.05) is 27.0 Å². The van der Waals surface area contributed by atoms with Gasteiger partial charge in [0.25, 0.3) is 0 Å². The number of nitrogens with one attached hydrogen (secondary N) is 1. The first-order chi connectivity index (χ1) is 6.93. The minimum atomic E-state index is -0.284. The first-order valence-corrected chi connectivity index (χ1v) is 6.86. The molecule has 0 aromatic rings. The second-order valence-corrected chi connectivity index (χ2v) is 5.58. The van der Waals surface area contributed by atoms with Crippen molar-refractivity contribution in [1.29, 1.82) is 0 Å². The molecule has 0 saturated heterocycles. The van der Waals surface area contributed by atoms with E-state index in [9.17, 15) is 4.79 Å². The summed E-state index contributed by atoms with van der Waals surface area (Å²) in [4.78, 5) is 11.7. The van der Waals surface area contributed by atoms with Crippen molar-refractivity contribution < 1.29 is 9.90 Å². The van der Waals surface area contributed by atoms with Crippen molar-refractivity contribution in [3.05, 3.63) is 0 Å². The van der Waals surface area contributed by atoms with Gasteiger partial charge < -0.3 is 10.4 Å². The van der Waals surface area contributed by atoms with Gasteiger partial charge in [0.1, 0.15) is 0 Å². The van der Waals surface area contributed by atoms with Crippen molar-refractivity contribution in [2.75, 3.05) is 12.9 Å². The molecule has 0 bridgehead atoms. The summed E-state index contributed by atoms with van der Waals surface area (Å²) < 4.78 is 0. The average Bonchev–Trinajstić information content (AvgIpc) is 2.18. The van der Waals surface area contributed by atoms with Gasteiger partial charge in [0.15, 0.2) is 0 Å². The van der Waals surface area contributed by atoms with Crippen molar-refractivity contribution in [2.45, 2.75) is 37.3 Å². The number of carbonyl (C=O) groups excluding carboxylic acids is 1. The third kappa shape index (κ3) is 5.13. The third-order valence-corrected chi connectivity index (χ3v) is 4.30. The van der Waals surface area contributed by atoms with Crippen LogP contribution in [0.5, 0.6) is 0 Å². The van der Waals surface area contributed by atoms with E-state index in [-0.39, 0.29) is 35.0 Å². The van der Waals surface area contributed by atoms with Crippen LogP contribution in [0.3, 0.4) is 0 Å². The predicted molar refractivity (Wildman–Crippen MR) is 69.6 cm³/mol. The molecule has 0 fully saturated rings. The Labute approximate surface area is 102 Å². The third-order valence-electron chi connectivity index (χ3n) is 2.31. The highest BCUT2D eigenvalue weighted by atomic mass is 32.2. The van der Waals surface area contributed by atoms with E-state index in [0.717, 1.165) is 0 Å². The lowest BCUT2D eigenvalue weighted by Gasteiger charge is -2.24. The lowest BCUT2D eigenvalue weighted by Crippen LogP contribution is -2.45. The molecular formula is C10H21NO2S2. The highest BCUT2D eigenvalue weighted by Crippen LogP contribution is 2.13. The summed E-state index contributed by atoms with van der Waals surface area (Å²) in [6.45, 7) is 5.89. The Kier molecular flexibility index (Phi) is 7.48. The molecule has 0 spiro atoms. The summed E-state index contributed by atoms with van der Waals surface area (Å²) in [7, 11) is 0. The van der Waals surface area contributed by atoms with E-state index in [1.165, 1.54) is 0 Å². The molecule has 0 rings (SSSR count). The number of rotatable bonds is 6. The molecule has 0 aliphatic rings. The zero-order valence-corrected chi connectivity index (χ0v) is 11.4. The Bertz CT molecular complexity index is 196. The normalized spacial score (nSPS) is 17.3. The van der Waals surface area contributed by atoms with Crippen molar-refractivity contribution in [3.63, 3.8) is 0 Å². The van der Waals surface area contributed by atoms with Gasteiger partial charge in [-0.05, 0) is 19.1 Å². The zero-order valence-electron chi connectivity index (χ0n) is 9.73. The fourth-order valence-electron chi connectivity index (χ4n) is 1.14. The summed E-state index contributed by atoms with van der Waals surface area (Å²) in [5.74, 6) is 0.149. The smallest absolute Gasteiger partial charge is 0.233 e. The standard InChI is InChI=1S/C10H21NO2S2/c1-6(2)9(14)10(13)11-7(3)8(5-12)15-4/h6-9,12,14H,5H2,1-4H3,(H,11,13). The molecule has 15 heavy (non-hydrogen) atoms. The van der Waals surface area contributed by atoms with E-state index in [4.69, 9.17) is 5.11 Å². The molecule has 0 aliphatic carbocycles. The Morgan fingerprint density at radius 2 is 2.00 bits per heavy atom. The maximum Gasteiger partial charge on any atom is 0.233 e. The molecular weight excluding hydrogens is 230 g/mol. The highest BCUT2D eigenvalue weighted by molar-refractivity contribution is 7.99. The van der Waals surface area contributed by atoms with Gasteiger partial charge in [-0.3, -0.25) is 4.79 Å². The first-order valence-electron chi connectivity index (χ1n) is 5.06. The monoisotopic (exact) mass is 251 g/mol. The van der Waals surface area contributed by atoms with Gasteiger partial charge in [-0.2, -0.15) is 24.4 Å².